The van der Waals surface area contributed by atoms with Crippen molar-refractivity contribution in [2.75, 3.05) is 19.6 Å². The summed E-state index contributed by atoms with van der Waals surface area (Å²) >= 11 is 5.74. The van der Waals surface area contributed by atoms with Gasteiger partial charge in [-0.15, -0.1) is 0 Å². The summed E-state index contributed by atoms with van der Waals surface area (Å²) in [7, 11) is 0. The van der Waals surface area contributed by atoms with Crippen LogP contribution < -0.4 is 10.6 Å². The Bertz CT molecular complexity index is 324. The molecule has 1 aromatic rings. The summed E-state index contributed by atoms with van der Waals surface area (Å²) < 4.78 is 0. The van der Waals surface area contributed by atoms with E-state index < -0.39 is 0 Å². The Kier molecular flexibility index (Phi) is 5.90. The molecule has 0 fully saturated rings. The zero-order chi connectivity index (χ0) is 11.8. The second kappa shape index (κ2) is 7.25. The van der Waals surface area contributed by atoms with Crippen molar-refractivity contribution in [1.29, 1.82) is 0 Å². The van der Waals surface area contributed by atoms with Gasteiger partial charge in [0.25, 0.3) is 5.91 Å². The summed E-state index contributed by atoms with van der Waals surface area (Å²) in [6.07, 6.45) is 0.938. The fourth-order valence-electron chi connectivity index (χ4n) is 1.30. The molecule has 0 saturated heterocycles. The molecule has 0 atom stereocenters. The maximum atomic E-state index is 11.6. The van der Waals surface area contributed by atoms with E-state index in [1.165, 1.54) is 0 Å². The van der Waals surface area contributed by atoms with Crippen molar-refractivity contribution in [3.63, 3.8) is 0 Å². The van der Waals surface area contributed by atoms with Gasteiger partial charge in [-0.2, -0.15) is 0 Å². The van der Waals surface area contributed by atoms with Gasteiger partial charge in [0.15, 0.2) is 0 Å². The molecule has 1 aromatic carbocycles. The first-order chi connectivity index (χ1) is 7.74. The third kappa shape index (κ3) is 4.64. The molecule has 1 amide bonds. The van der Waals surface area contributed by atoms with E-state index in [2.05, 4.69) is 17.6 Å². The molecule has 2 N–H and O–H groups in total. The number of benzene rings is 1. The summed E-state index contributed by atoms with van der Waals surface area (Å²) in [4.78, 5) is 11.6. The Morgan fingerprint density at radius 3 is 2.56 bits per heavy atom. The normalized spacial score (nSPS) is 10.1. The minimum absolute atomic E-state index is 0.0480. The van der Waals surface area contributed by atoms with E-state index in [4.69, 9.17) is 11.6 Å². The van der Waals surface area contributed by atoms with Crippen molar-refractivity contribution >= 4 is 17.5 Å². The van der Waals surface area contributed by atoms with Crippen LogP contribution in [0.25, 0.3) is 0 Å². The highest BCUT2D eigenvalue weighted by Crippen LogP contribution is 2.09. The molecule has 0 heterocycles. The summed E-state index contributed by atoms with van der Waals surface area (Å²) in [5.41, 5.74) is 0.646. The maximum Gasteiger partial charge on any atom is 0.251 e. The quantitative estimate of drug-likeness (QED) is 0.748. The second-order valence-corrected chi connectivity index (χ2v) is 3.91. The molecule has 0 aromatic heterocycles. The molecule has 0 spiro atoms. The number of carbonyl (C=O) groups excluding carboxylic acids is 1. The van der Waals surface area contributed by atoms with Gasteiger partial charge in [-0.25, -0.2) is 0 Å². The SMILES string of the molecule is CCNCCCNC(=O)c1ccc(Cl)cc1. The molecule has 0 aliphatic heterocycles. The lowest BCUT2D eigenvalue weighted by Crippen LogP contribution is -2.27. The molecule has 16 heavy (non-hydrogen) atoms. The predicted octanol–water partition coefficient (Wildman–Crippen LogP) is 2.07. The Morgan fingerprint density at radius 2 is 1.94 bits per heavy atom. The lowest BCUT2D eigenvalue weighted by atomic mass is 10.2. The third-order valence-corrected chi connectivity index (χ3v) is 2.42. The minimum atomic E-state index is -0.0480. The summed E-state index contributed by atoms with van der Waals surface area (Å²) in [6.45, 7) is 4.64. The van der Waals surface area contributed by atoms with E-state index in [-0.39, 0.29) is 5.91 Å². The second-order valence-electron chi connectivity index (χ2n) is 3.47. The number of hydrogen-bond donors (Lipinski definition) is 2. The largest absolute Gasteiger partial charge is 0.352 e. The molecule has 4 heteroatoms. The van der Waals surface area contributed by atoms with Crippen LogP contribution in [-0.4, -0.2) is 25.5 Å². The molecule has 0 aliphatic carbocycles. The van der Waals surface area contributed by atoms with E-state index in [0.717, 1.165) is 19.5 Å². The molecule has 0 unspecified atom stereocenters. The number of halogens is 1. The van der Waals surface area contributed by atoms with E-state index >= 15 is 0 Å². The average molecular weight is 241 g/mol. The maximum absolute atomic E-state index is 11.6. The number of hydrogen-bond acceptors (Lipinski definition) is 2. The van der Waals surface area contributed by atoms with Gasteiger partial charge in [-0.1, -0.05) is 18.5 Å². The van der Waals surface area contributed by atoms with Gasteiger partial charge in [-0.3, -0.25) is 4.79 Å². The highest BCUT2D eigenvalue weighted by atomic mass is 35.5. The van der Waals surface area contributed by atoms with Gasteiger partial charge < -0.3 is 10.6 Å². The Labute approximate surface area is 101 Å². The third-order valence-electron chi connectivity index (χ3n) is 2.17. The van der Waals surface area contributed by atoms with Crippen LogP contribution in [0.4, 0.5) is 0 Å². The van der Waals surface area contributed by atoms with Gasteiger partial charge in [0.05, 0.1) is 0 Å². The van der Waals surface area contributed by atoms with Crippen molar-refractivity contribution in [1.82, 2.24) is 10.6 Å². The molecule has 88 valence electrons. The van der Waals surface area contributed by atoms with E-state index in [1.807, 2.05) is 0 Å². The number of carbonyl (C=O) groups is 1. The van der Waals surface area contributed by atoms with Crippen LogP contribution in [0.15, 0.2) is 24.3 Å². The zero-order valence-corrected chi connectivity index (χ0v) is 10.2. The molecule has 1 rings (SSSR count). The van der Waals surface area contributed by atoms with Gasteiger partial charge in [0.2, 0.25) is 0 Å². The van der Waals surface area contributed by atoms with Crippen molar-refractivity contribution < 1.29 is 4.79 Å². The van der Waals surface area contributed by atoms with Crippen LogP contribution in [-0.2, 0) is 0 Å². The Morgan fingerprint density at radius 1 is 1.25 bits per heavy atom. The first-order valence-electron chi connectivity index (χ1n) is 5.48. The van der Waals surface area contributed by atoms with Crippen molar-refractivity contribution in [2.45, 2.75) is 13.3 Å². The van der Waals surface area contributed by atoms with Gasteiger partial charge in [0, 0.05) is 17.1 Å². The van der Waals surface area contributed by atoms with Gasteiger partial charge in [0.1, 0.15) is 0 Å². The molecule has 3 nitrogen and oxygen atoms in total. The predicted molar refractivity (Wildman–Crippen MR) is 66.9 cm³/mol. The number of nitrogens with one attached hydrogen (secondary N) is 2. The lowest BCUT2D eigenvalue weighted by molar-refractivity contribution is 0.0953. The van der Waals surface area contributed by atoms with Crippen LogP contribution in [0.2, 0.25) is 5.02 Å². The fourth-order valence-corrected chi connectivity index (χ4v) is 1.42. The molecule has 0 saturated carbocycles. The van der Waals surface area contributed by atoms with Crippen molar-refractivity contribution in [3.8, 4) is 0 Å². The van der Waals surface area contributed by atoms with E-state index in [9.17, 15) is 4.79 Å². The average Bonchev–Trinajstić information content (AvgIpc) is 2.29. The first-order valence-corrected chi connectivity index (χ1v) is 5.86. The number of rotatable bonds is 6. The summed E-state index contributed by atoms with van der Waals surface area (Å²) in [6, 6.07) is 6.88. The summed E-state index contributed by atoms with van der Waals surface area (Å²) in [5.74, 6) is -0.0480. The molecule has 0 bridgehead atoms. The standard InChI is InChI=1S/C12H17ClN2O/c1-2-14-8-3-9-15-12(16)10-4-6-11(13)7-5-10/h4-7,14H,2-3,8-9H2,1H3,(H,15,16). The smallest absolute Gasteiger partial charge is 0.251 e. The van der Waals surface area contributed by atoms with Crippen molar-refractivity contribution in [3.05, 3.63) is 34.9 Å². The van der Waals surface area contributed by atoms with Crippen LogP contribution in [0.1, 0.15) is 23.7 Å². The zero-order valence-electron chi connectivity index (χ0n) is 9.42. The topological polar surface area (TPSA) is 41.1 Å². The van der Waals surface area contributed by atoms with Crippen LogP contribution in [0.3, 0.4) is 0 Å². The van der Waals surface area contributed by atoms with Crippen LogP contribution in [0, 0.1) is 0 Å². The molecule has 0 radical (unpaired) electrons. The highest BCUT2D eigenvalue weighted by molar-refractivity contribution is 6.30. The monoisotopic (exact) mass is 240 g/mol. The Hall–Kier alpha value is -1.06. The summed E-state index contributed by atoms with van der Waals surface area (Å²) in [5, 5.41) is 6.70. The van der Waals surface area contributed by atoms with Gasteiger partial charge >= 0.3 is 0 Å². The van der Waals surface area contributed by atoms with Crippen LogP contribution in [0.5, 0.6) is 0 Å². The van der Waals surface area contributed by atoms with E-state index in [1.54, 1.807) is 24.3 Å². The van der Waals surface area contributed by atoms with E-state index in [0.29, 0.717) is 17.1 Å². The highest BCUT2D eigenvalue weighted by Gasteiger charge is 2.03. The first kappa shape index (κ1) is 13.0. The lowest BCUT2D eigenvalue weighted by Gasteiger charge is -2.05. The van der Waals surface area contributed by atoms with Gasteiger partial charge in [-0.05, 0) is 43.8 Å². The Balaban J connectivity index is 2.27. The fraction of sp³-hybridized carbons (Fsp3) is 0.417. The van der Waals surface area contributed by atoms with Crippen molar-refractivity contribution in [2.24, 2.45) is 0 Å². The van der Waals surface area contributed by atoms with Crippen LogP contribution >= 0.6 is 11.6 Å². The number of amides is 1. The minimum Gasteiger partial charge on any atom is -0.352 e. The molecular weight excluding hydrogens is 224 g/mol. The molecule has 0 aliphatic rings. The molecular formula is C12H17ClN2O.